The third-order valence-electron chi connectivity index (χ3n) is 2.32. The van der Waals surface area contributed by atoms with Crippen molar-refractivity contribution >= 4 is 18.3 Å². The summed E-state index contributed by atoms with van der Waals surface area (Å²) in [5.74, 6) is 0.905. The quantitative estimate of drug-likeness (QED) is 0.786. The number of carbonyl (C=O) groups excluding carboxylic acids is 1. The Labute approximate surface area is 108 Å². The standard InChI is InChI=1S/C11H19N3O2.ClH/c1-9-7-10(13-16-9)8-14(3)11(15)5-4-6-12-2;/h7,12H,4-6,8H2,1-3H3;1H. The lowest BCUT2D eigenvalue weighted by molar-refractivity contribution is -0.130. The number of aryl methyl sites for hydroxylation is 1. The Bertz CT molecular complexity index is 341. The lowest BCUT2D eigenvalue weighted by atomic mass is 10.2. The van der Waals surface area contributed by atoms with E-state index in [1.165, 1.54) is 0 Å². The first-order valence-corrected chi connectivity index (χ1v) is 5.44. The molecular weight excluding hydrogens is 242 g/mol. The fourth-order valence-electron chi connectivity index (χ4n) is 1.43. The molecule has 0 aliphatic heterocycles. The molecule has 0 aromatic carbocycles. The normalized spacial score (nSPS) is 9.82. The molecule has 0 fully saturated rings. The number of hydrogen-bond donors (Lipinski definition) is 1. The zero-order valence-electron chi connectivity index (χ0n) is 10.5. The Morgan fingerprint density at radius 2 is 2.29 bits per heavy atom. The summed E-state index contributed by atoms with van der Waals surface area (Å²) in [6.07, 6.45) is 1.42. The van der Waals surface area contributed by atoms with Crippen molar-refractivity contribution in [3.63, 3.8) is 0 Å². The maximum Gasteiger partial charge on any atom is 0.222 e. The van der Waals surface area contributed by atoms with E-state index in [9.17, 15) is 4.79 Å². The van der Waals surface area contributed by atoms with E-state index in [-0.39, 0.29) is 18.3 Å². The van der Waals surface area contributed by atoms with Crippen molar-refractivity contribution in [2.75, 3.05) is 20.6 Å². The van der Waals surface area contributed by atoms with Crippen molar-refractivity contribution in [1.82, 2.24) is 15.4 Å². The molecule has 1 N–H and O–H groups in total. The number of hydrogen-bond acceptors (Lipinski definition) is 4. The van der Waals surface area contributed by atoms with E-state index in [2.05, 4.69) is 10.5 Å². The monoisotopic (exact) mass is 261 g/mol. The molecule has 5 nitrogen and oxygen atoms in total. The average Bonchev–Trinajstić information content (AvgIpc) is 2.64. The third kappa shape index (κ3) is 5.70. The Hall–Kier alpha value is -1.07. The van der Waals surface area contributed by atoms with Crippen LogP contribution in [0.15, 0.2) is 10.6 Å². The molecule has 1 rings (SSSR count). The molecule has 0 aliphatic carbocycles. The summed E-state index contributed by atoms with van der Waals surface area (Å²) >= 11 is 0. The van der Waals surface area contributed by atoms with Crippen LogP contribution in [0.2, 0.25) is 0 Å². The van der Waals surface area contributed by atoms with E-state index in [1.54, 1.807) is 11.9 Å². The van der Waals surface area contributed by atoms with Gasteiger partial charge < -0.3 is 14.7 Å². The minimum absolute atomic E-state index is 0. The SMILES string of the molecule is CNCCCC(=O)N(C)Cc1cc(C)on1.Cl. The van der Waals surface area contributed by atoms with E-state index in [1.807, 2.05) is 20.0 Å². The van der Waals surface area contributed by atoms with Crippen LogP contribution >= 0.6 is 12.4 Å². The Balaban J connectivity index is 0.00000256. The molecule has 98 valence electrons. The number of halogens is 1. The molecule has 1 aromatic heterocycles. The van der Waals surface area contributed by atoms with Crippen LogP contribution < -0.4 is 5.32 Å². The van der Waals surface area contributed by atoms with E-state index >= 15 is 0 Å². The highest BCUT2D eigenvalue weighted by atomic mass is 35.5. The Kier molecular flexibility index (Phi) is 7.58. The molecule has 0 atom stereocenters. The van der Waals surface area contributed by atoms with Crippen LogP contribution in [0.25, 0.3) is 0 Å². The first-order valence-electron chi connectivity index (χ1n) is 5.44. The van der Waals surface area contributed by atoms with Gasteiger partial charge in [0.15, 0.2) is 0 Å². The topological polar surface area (TPSA) is 58.4 Å². The van der Waals surface area contributed by atoms with Crippen LogP contribution in [0.5, 0.6) is 0 Å². The zero-order valence-corrected chi connectivity index (χ0v) is 11.3. The van der Waals surface area contributed by atoms with Gasteiger partial charge in [0, 0.05) is 19.5 Å². The summed E-state index contributed by atoms with van der Waals surface area (Å²) in [5, 5.41) is 6.87. The summed E-state index contributed by atoms with van der Waals surface area (Å²) in [6, 6.07) is 1.84. The predicted octanol–water partition coefficient (Wildman–Crippen LogP) is 1.36. The van der Waals surface area contributed by atoms with Crippen molar-refractivity contribution in [2.24, 2.45) is 0 Å². The number of rotatable bonds is 6. The lowest BCUT2D eigenvalue weighted by Gasteiger charge is -2.15. The highest BCUT2D eigenvalue weighted by molar-refractivity contribution is 5.85. The van der Waals surface area contributed by atoms with Gasteiger partial charge in [-0.25, -0.2) is 0 Å². The molecule has 17 heavy (non-hydrogen) atoms. The highest BCUT2D eigenvalue weighted by Crippen LogP contribution is 2.05. The molecule has 1 amide bonds. The molecular formula is C11H20ClN3O2. The largest absolute Gasteiger partial charge is 0.361 e. The molecule has 0 spiro atoms. The van der Waals surface area contributed by atoms with Gasteiger partial charge in [0.1, 0.15) is 11.5 Å². The smallest absolute Gasteiger partial charge is 0.222 e. The molecule has 1 aromatic rings. The van der Waals surface area contributed by atoms with Crippen LogP contribution in [-0.4, -0.2) is 36.6 Å². The van der Waals surface area contributed by atoms with E-state index in [4.69, 9.17) is 4.52 Å². The number of aromatic nitrogens is 1. The molecule has 1 heterocycles. The summed E-state index contributed by atoms with van der Waals surface area (Å²) in [6.45, 7) is 3.21. The molecule has 0 radical (unpaired) electrons. The predicted molar refractivity (Wildman–Crippen MR) is 68.1 cm³/mol. The van der Waals surface area contributed by atoms with Crippen molar-refractivity contribution in [3.8, 4) is 0 Å². The second kappa shape index (κ2) is 8.08. The van der Waals surface area contributed by atoms with Crippen molar-refractivity contribution in [3.05, 3.63) is 17.5 Å². The van der Waals surface area contributed by atoms with Crippen molar-refractivity contribution in [1.29, 1.82) is 0 Å². The summed E-state index contributed by atoms with van der Waals surface area (Å²) in [4.78, 5) is 13.3. The summed E-state index contributed by atoms with van der Waals surface area (Å²) in [5.41, 5.74) is 0.793. The van der Waals surface area contributed by atoms with Crippen LogP contribution in [-0.2, 0) is 11.3 Å². The molecule has 0 saturated carbocycles. The summed E-state index contributed by atoms with van der Waals surface area (Å²) < 4.78 is 4.95. The second-order valence-corrected chi connectivity index (χ2v) is 3.89. The van der Waals surface area contributed by atoms with Crippen LogP contribution in [0, 0.1) is 6.92 Å². The highest BCUT2D eigenvalue weighted by Gasteiger charge is 2.10. The first kappa shape index (κ1) is 15.9. The number of nitrogens with zero attached hydrogens (tertiary/aromatic N) is 2. The van der Waals surface area contributed by atoms with Crippen LogP contribution in [0.3, 0.4) is 0 Å². The van der Waals surface area contributed by atoms with E-state index < -0.39 is 0 Å². The third-order valence-corrected chi connectivity index (χ3v) is 2.32. The summed E-state index contributed by atoms with van der Waals surface area (Å²) in [7, 11) is 3.66. The number of amides is 1. The number of carbonyl (C=O) groups is 1. The molecule has 0 saturated heterocycles. The van der Waals surface area contributed by atoms with Crippen molar-refractivity contribution < 1.29 is 9.32 Å². The van der Waals surface area contributed by atoms with Gasteiger partial charge in [-0.05, 0) is 26.9 Å². The van der Waals surface area contributed by atoms with E-state index in [0.29, 0.717) is 13.0 Å². The average molecular weight is 262 g/mol. The molecule has 6 heteroatoms. The maximum atomic E-state index is 11.7. The lowest BCUT2D eigenvalue weighted by Crippen LogP contribution is -2.26. The fraction of sp³-hybridized carbons (Fsp3) is 0.636. The van der Waals surface area contributed by atoms with E-state index in [0.717, 1.165) is 24.4 Å². The number of nitrogens with one attached hydrogen (secondary N) is 1. The Morgan fingerprint density at radius 3 is 2.82 bits per heavy atom. The van der Waals surface area contributed by atoms with Gasteiger partial charge in [0.05, 0.1) is 6.54 Å². The molecule has 0 bridgehead atoms. The zero-order chi connectivity index (χ0) is 12.0. The van der Waals surface area contributed by atoms with Crippen LogP contribution in [0.4, 0.5) is 0 Å². The second-order valence-electron chi connectivity index (χ2n) is 3.89. The molecule has 0 unspecified atom stereocenters. The van der Waals surface area contributed by atoms with Crippen LogP contribution in [0.1, 0.15) is 24.3 Å². The minimum atomic E-state index is 0. The Morgan fingerprint density at radius 1 is 1.59 bits per heavy atom. The van der Waals surface area contributed by atoms with Gasteiger partial charge in [-0.15, -0.1) is 12.4 Å². The van der Waals surface area contributed by atoms with Gasteiger partial charge in [-0.2, -0.15) is 0 Å². The molecule has 0 aliphatic rings. The van der Waals surface area contributed by atoms with Gasteiger partial charge in [0.2, 0.25) is 5.91 Å². The fourth-order valence-corrected chi connectivity index (χ4v) is 1.43. The van der Waals surface area contributed by atoms with Gasteiger partial charge >= 0.3 is 0 Å². The van der Waals surface area contributed by atoms with Gasteiger partial charge in [-0.1, -0.05) is 5.16 Å². The van der Waals surface area contributed by atoms with Crippen molar-refractivity contribution in [2.45, 2.75) is 26.3 Å². The minimum Gasteiger partial charge on any atom is -0.361 e. The maximum absolute atomic E-state index is 11.7. The van der Waals surface area contributed by atoms with Gasteiger partial charge in [-0.3, -0.25) is 4.79 Å². The first-order chi connectivity index (χ1) is 7.63. The van der Waals surface area contributed by atoms with Gasteiger partial charge in [0.25, 0.3) is 0 Å².